The zero-order chi connectivity index (χ0) is 28.3. The summed E-state index contributed by atoms with van der Waals surface area (Å²) in [5.41, 5.74) is 6.90. The van der Waals surface area contributed by atoms with Crippen LogP contribution in [0.4, 0.5) is 0 Å². The summed E-state index contributed by atoms with van der Waals surface area (Å²) in [4.78, 5) is 0. The number of aromatic hydroxyl groups is 2. The van der Waals surface area contributed by atoms with Gasteiger partial charge in [-0.05, 0) is 91.3 Å². The molecular formula is C40H44O2. The van der Waals surface area contributed by atoms with Crippen LogP contribution >= 0.6 is 0 Å². The fourth-order valence-corrected chi connectivity index (χ4v) is 5.96. The van der Waals surface area contributed by atoms with Gasteiger partial charge >= 0.3 is 0 Å². The molecule has 0 unspecified atom stereocenters. The minimum Gasteiger partial charge on any atom is -0.508 e. The van der Waals surface area contributed by atoms with Crippen molar-refractivity contribution in [3.8, 4) is 22.6 Å². The van der Waals surface area contributed by atoms with Gasteiger partial charge in [0.15, 0.2) is 0 Å². The molecule has 1 aliphatic rings. The molecule has 1 aliphatic carbocycles. The van der Waals surface area contributed by atoms with Gasteiger partial charge in [-0.15, -0.1) is 0 Å². The zero-order valence-corrected chi connectivity index (χ0v) is 23.6. The Kier molecular flexibility index (Phi) is 10.2. The van der Waals surface area contributed by atoms with E-state index in [0.29, 0.717) is 0 Å². The van der Waals surface area contributed by atoms with Crippen molar-refractivity contribution in [1.82, 2.24) is 0 Å². The number of hydrogen-bond donors (Lipinski definition) is 2. The molecule has 6 aromatic rings. The Labute approximate surface area is 251 Å². The highest BCUT2D eigenvalue weighted by Gasteiger charge is 2.46. The van der Waals surface area contributed by atoms with Crippen molar-refractivity contribution >= 4 is 21.5 Å². The van der Waals surface area contributed by atoms with E-state index in [0.717, 1.165) is 21.5 Å². The lowest BCUT2D eigenvalue weighted by atomic mass is 9.67. The van der Waals surface area contributed by atoms with E-state index in [1.807, 2.05) is 38.1 Å². The van der Waals surface area contributed by atoms with Crippen LogP contribution in [0.25, 0.3) is 32.7 Å². The smallest absolute Gasteiger partial charge is 0.116 e. The molecule has 0 spiro atoms. The molecule has 2 N–H and O–H groups in total. The topological polar surface area (TPSA) is 40.5 Å². The number of benzene rings is 6. The molecule has 0 atom stereocenters. The van der Waals surface area contributed by atoms with Crippen molar-refractivity contribution in [2.45, 2.75) is 54.4 Å². The third kappa shape index (κ3) is 5.25. The first-order valence-electron chi connectivity index (χ1n) is 14.2. The summed E-state index contributed by atoms with van der Waals surface area (Å²) < 4.78 is 0. The van der Waals surface area contributed by atoms with Crippen LogP contribution in [0.5, 0.6) is 11.5 Å². The molecule has 0 amide bonds. The summed E-state index contributed by atoms with van der Waals surface area (Å²) in [6, 6.07) is 41.6. The first kappa shape index (κ1) is 32.0. The Morgan fingerprint density at radius 2 is 0.810 bits per heavy atom. The summed E-state index contributed by atoms with van der Waals surface area (Å²) in [5.74, 6) is 0.545. The van der Waals surface area contributed by atoms with Gasteiger partial charge in [0.1, 0.15) is 11.5 Å². The van der Waals surface area contributed by atoms with Crippen LogP contribution < -0.4 is 0 Å². The maximum absolute atomic E-state index is 10.0. The molecule has 7 rings (SSSR count). The molecule has 0 radical (unpaired) electrons. The second-order valence-corrected chi connectivity index (χ2v) is 10.0. The Morgan fingerprint density at radius 1 is 0.476 bits per heavy atom. The average Bonchev–Trinajstić information content (AvgIpc) is 3.29. The van der Waals surface area contributed by atoms with E-state index in [2.05, 4.69) is 98.8 Å². The van der Waals surface area contributed by atoms with Gasteiger partial charge in [0.05, 0.1) is 5.41 Å². The van der Waals surface area contributed by atoms with Gasteiger partial charge in [0.2, 0.25) is 0 Å². The van der Waals surface area contributed by atoms with Crippen molar-refractivity contribution in [3.63, 3.8) is 0 Å². The van der Waals surface area contributed by atoms with E-state index < -0.39 is 5.41 Å². The molecule has 216 valence electrons. The van der Waals surface area contributed by atoms with E-state index in [1.165, 1.54) is 39.8 Å². The van der Waals surface area contributed by atoms with Gasteiger partial charge in [0.25, 0.3) is 0 Å². The lowest BCUT2D eigenvalue weighted by Gasteiger charge is -2.34. The lowest BCUT2D eigenvalue weighted by Crippen LogP contribution is -2.28. The first-order valence-corrected chi connectivity index (χ1v) is 14.2. The van der Waals surface area contributed by atoms with Gasteiger partial charge in [-0.3, -0.25) is 0 Å². The third-order valence-corrected chi connectivity index (χ3v) is 7.47. The van der Waals surface area contributed by atoms with E-state index in [-0.39, 0.29) is 26.4 Å². The minimum absolute atomic E-state index is 0. The van der Waals surface area contributed by atoms with Crippen LogP contribution in [0.1, 0.15) is 71.2 Å². The molecule has 2 nitrogen and oxygen atoms in total. The quantitative estimate of drug-likeness (QED) is 0.222. The molecule has 0 saturated carbocycles. The molecule has 6 aromatic carbocycles. The van der Waals surface area contributed by atoms with E-state index in [4.69, 9.17) is 0 Å². The highest BCUT2D eigenvalue weighted by molar-refractivity contribution is 5.92. The van der Waals surface area contributed by atoms with Gasteiger partial charge in [0, 0.05) is 0 Å². The second kappa shape index (κ2) is 13.4. The summed E-state index contributed by atoms with van der Waals surface area (Å²) >= 11 is 0. The van der Waals surface area contributed by atoms with Crippen LogP contribution in [0, 0.1) is 0 Å². The Hall–Kier alpha value is -4.56. The highest BCUT2D eigenvalue weighted by atomic mass is 16.3. The number of phenols is 2. The molecule has 42 heavy (non-hydrogen) atoms. The third-order valence-electron chi connectivity index (χ3n) is 7.47. The van der Waals surface area contributed by atoms with Crippen molar-refractivity contribution in [3.05, 3.63) is 144 Å². The monoisotopic (exact) mass is 556 g/mol. The van der Waals surface area contributed by atoms with Crippen LogP contribution in [-0.4, -0.2) is 10.2 Å². The van der Waals surface area contributed by atoms with Gasteiger partial charge in [-0.1, -0.05) is 134 Å². The Balaban J connectivity index is 0.000000653. The first-order chi connectivity index (χ1) is 19.6. The predicted molar refractivity (Wildman–Crippen MR) is 183 cm³/mol. The fraction of sp³-hybridized carbons (Fsp3) is 0.200. The molecule has 2 heteroatoms. The largest absolute Gasteiger partial charge is 0.508 e. The molecule has 0 heterocycles. The zero-order valence-electron chi connectivity index (χ0n) is 23.6. The molecule has 0 fully saturated rings. The Bertz CT molecular complexity index is 1670. The SMILES string of the molecule is C.C.CC.CCC.Oc1ccc2cc(C3(c4ccc5cc(O)ccc5c4)c4ccccc4-c4ccccc43)ccc2c1. The van der Waals surface area contributed by atoms with Crippen LogP contribution in [0.15, 0.2) is 121 Å². The van der Waals surface area contributed by atoms with Crippen LogP contribution in [0.3, 0.4) is 0 Å². The standard InChI is InChI=1S/C33H22O2.C3H8.C2H6.2CH4/c34-27-15-11-21-17-25(13-9-23(21)19-27)33(26-14-10-24-20-28(35)16-12-22(24)18-26)31-7-3-1-5-29(31)30-6-2-4-8-32(30)33;1-3-2;1-2;;/h1-20,34-35H;3H2,1-2H3;1-2H3;2*1H4. The molecular weight excluding hydrogens is 512 g/mol. The van der Waals surface area contributed by atoms with Gasteiger partial charge in [-0.25, -0.2) is 0 Å². The fourth-order valence-electron chi connectivity index (χ4n) is 5.96. The second-order valence-electron chi connectivity index (χ2n) is 10.0. The van der Waals surface area contributed by atoms with Crippen molar-refractivity contribution < 1.29 is 10.2 Å². The molecule has 0 bridgehead atoms. The van der Waals surface area contributed by atoms with E-state index in [9.17, 15) is 10.2 Å². The van der Waals surface area contributed by atoms with Crippen LogP contribution in [0.2, 0.25) is 0 Å². The normalized spacial score (nSPS) is 11.9. The average molecular weight is 557 g/mol. The summed E-state index contributed by atoms with van der Waals surface area (Å²) in [5, 5.41) is 24.2. The maximum Gasteiger partial charge on any atom is 0.116 e. The van der Waals surface area contributed by atoms with Gasteiger partial charge in [-0.2, -0.15) is 0 Å². The number of rotatable bonds is 2. The maximum atomic E-state index is 10.0. The summed E-state index contributed by atoms with van der Waals surface area (Å²) in [6.45, 7) is 8.25. The predicted octanol–water partition coefficient (Wildman–Crippen LogP) is 11.5. The molecule has 0 saturated heterocycles. The molecule has 0 aliphatic heterocycles. The van der Waals surface area contributed by atoms with Crippen molar-refractivity contribution in [1.29, 1.82) is 0 Å². The van der Waals surface area contributed by atoms with E-state index >= 15 is 0 Å². The summed E-state index contributed by atoms with van der Waals surface area (Å²) in [6.07, 6.45) is 1.25. The van der Waals surface area contributed by atoms with E-state index in [1.54, 1.807) is 12.1 Å². The molecule has 0 aromatic heterocycles. The number of fused-ring (bicyclic) bond motifs is 5. The van der Waals surface area contributed by atoms with Crippen molar-refractivity contribution in [2.75, 3.05) is 0 Å². The lowest BCUT2D eigenvalue weighted by molar-refractivity contribution is 0.475. The van der Waals surface area contributed by atoms with Crippen LogP contribution in [-0.2, 0) is 5.41 Å². The van der Waals surface area contributed by atoms with Gasteiger partial charge < -0.3 is 10.2 Å². The summed E-state index contributed by atoms with van der Waals surface area (Å²) in [7, 11) is 0. The van der Waals surface area contributed by atoms with Crippen molar-refractivity contribution in [2.24, 2.45) is 0 Å². The Morgan fingerprint density at radius 3 is 1.21 bits per heavy atom. The minimum atomic E-state index is -0.495. The number of phenolic OH excluding ortho intramolecular Hbond substituents is 2. The number of hydrogen-bond acceptors (Lipinski definition) is 2. The highest BCUT2D eigenvalue weighted by Crippen LogP contribution is 2.56.